The van der Waals surface area contributed by atoms with E-state index in [-0.39, 0.29) is 31.0 Å². The molecule has 1 N–H and O–H groups in total. The van der Waals surface area contributed by atoms with Gasteiger partial charge < -0.3 is 10.0 Å². The highest BCUT2D eigenvalue weighted by Crippen LogP contribution is 2.39. The largest absolute Gasteiger partial charge is 0.381 e. The Hall–Kier alpha value is -2.33. The van der Waals surface area contributed by atoms with E-state index in [9.17, 15) is 18.7 Å². The fourth-order valence-electron chi connectivity index (χ4n) is 2.90. The zero-order valence-corrected chi connectivity index (χ0v) is 13.0. The van der Waals surface area contributed by atoms with E-state index in [0.29, 0.717) is 19.3 Å². The minimum atomic E-state index is -1.41. The number of amides is 1. The zero-order chi connectivity index (χ0) is 17.4. The smallest absolute Gasteiger partial charge is 0.222 e. The van der Waals surface area contributed by atoms with E-state index in [0.717, 1.165) is 18.2 Å². The van der Waals surface area contributed by atoms with Crippen LogP contribution in [-0.2, 0) is 10.4 Å². The maximum absolute atomic E-state index is 13.3. The van der Waals surface area contributed by atoms with Gasteiger partial charge in [0.2, 0.25) is 5.91 Å². The highest BCUT2D eigenvalue weighted by Gasteiger charge is 2.46. The molecule has 0 bridgehead atoms. The van der Waals surface area contributed by atoms with Gasteiger partial charge in [-0.15, -0.1) is 12.3 Å². The first-order valence-corrected chi connectivity index (χ1v) is 7.70. The average molecular weight is 333 g/mol. The number of aliphatic hydroxyl groups is 1. The van der Waals surface area contributed by atoms with Crippen molar-refractivity contribution in [3.05, 3.63) is 35.4 Å². The molecule has 0 saturated carbocycles. The summed E-state index contributed by atoms with van der Waals surface area (Å²) in [6.07, 6.45) is 7.12. The molecular weight excluding hydrogens is 316 g/mol. The third-order valence-electron chi connectivity index (χ3n) is 4.45. The number of β-amino-alcohol motifs (C(OH)–C–C–N with tert-alkyl or cyclic N) is 1. The van der Waals surface area contributed by atoms with Crippen LogP contribution in [0.3, 0.4) is 0 Å². The van der Waals surface area contributed by atoms with Crippen LogP contribution in [0.1, 0.15) is 31.2 Å². The SMILES string of the molecule is C#CCCC1(CCC(=O)N2CC(O)(c3cc(F)cc(F)c3)C2)N=N1. The van der Waals surface area contributed by atoms with Crippen molar-refractivity contribution in [2.75, 3.05) is 13.1 Å². The lowest BCUT2D eigenvalue weighted by Crippen LogP contribution is -2.61. The summed E-state index contributed by atoms with van der Waals surface area (Å²) in [7, 11) is 0. The fourth-order valence-corrected chi connectivity index (χ4v) is 2.90. The second-order valence-corrected chi connectivity index (χ2v) is 6.33. The third-order valence-corrected chi connectivity index (χ3v) is 4.45. The molecule has 1 fully saturated rings. The van der Waals surface area contributed by atoms with Gasteiger partial charge in [0.05, 0.1) is 13.1 Å². The number of benzene rings is 1. The Balaban J connectivity index is 1.52. The predicted octanol–water partition coefficient (Wildman–Crippen LogP) is 2.35. The molecule has 126 valence electrons. The lowest BCUT2D eigenvalue weighted by atomic mass is 9.85. The molecule has 1 aromatic carbocycles. The van der Waals surface area contributed by atoms with Crippen molar-refractivity contribution in [3.63, 3.8) is 0 Å². The van der Waals surface area contributed by atoms with E-state index in [2.05, 4.69) is 16.1 Å². The maximum atomic E-state index is 13.3. The zero-order valence-electron chi connectivity index (χ0n) is 13.0. The van der Waals surface area contributed by atoms with Crippen LogP contribution in [0.2, 0.25) is 0 Å². The molecule has 2 heterocycles. The van der Waals surface area contributed by atoms with Crippen LogP contribution in [0.15, 0.2) is 28.4 Å². The van der Waals surface area contributed by atoms with Crippen molar-refractivity contribution in [1.29, 1.82) is 0 Å². The Labute approximate surface area is 138 Å². The number of nitrogens with zero attached hydrogens (tertiary/aromatic N) is 3. The normalized spacial score (nSPS) is 19.5. The lowest BCUT2D eigenvalue weighted by molar-refractivity contribution is -0.157. The van der Waals surface area contributed by atoms with E-state index in [1.165, 1.54) is 4.90 Å². The summed E-state index contributed by atoms with van der Waals surface area (Å²) < 4.78 is 26.5. The van der Waals surface area contributed by atoms with Gasteiger partial charge in [-0.25, -0.2) is 8.78 Å². The fraction of sp³-hybridized carbons (Fsp3) is 0.471. The minimum Gasteiger partial charge on any atom is -0.381 e. The van der Waals surface area contributed by atoms with E-state index in [1.807, 2.05) is 0 Å². The first-order chi connectivity index (χ1) is 11.4. The first kappa shape index (κ1) is 16.5. The molecule has 0 unspecified atom stereocenters. The highest BCUT2D eigenvalue weighted by atomic mass is 19.1. The summed E-state index contributed by atoms with van der Waals surface area (Å²) in [5, 5.41) is 18.4. The summed E-state index contributed by atoms with van der Waals surface area (Å²) >= 11 is 0. The molecule has 5 nitrogen and oxygen atoms in total. The minimum absolute atomic E-state index is 0.0143. The molecule has 0 aliphatic carbocycles. The van der Waals surface area contributed by atoms with Crippen LogP contribution in [0.5, 0.6) is 0 Å². The van der Waals surface area contributed by atoms with Crippen molar-refractivity contribution < 1.29 is 18.7 Å². The second-order valence-electron chi connectivity index (χ2n) is 6.33. The Kier molecular flexibility index (Phi) is 4.10. The molecule has 0 spiro atoms. The van der Waals surface area contributed by atoms with Crippen molar-refractivity contribution in [2.45, 2.75) is 36.9 Å². The van der Waals surface area contributed by atoms with Crippen LogP contribution in [0.4, 0.5) is 8.78 Å². The summed E-state index contributed by atoms with van der Waals surface area (Å²) in [5.74, 6) is 0.872. The summed E-state index contributed by atoms with van der Waals surface area (Å²) in [6, 6.07) is 2.91. The number of carbonyl (C=O) groups is 1. The third kappa shape index (κ3) is 3.29. The van der Waals surface area contributed by atoms with Gasteiger partial charge in [0.1, 0.15) is 17.2 Å². The number of hydrogen-bond donors (Lipinski definition) is 1. The van der Waals surface area contributed by atoms with Crippen molar-refractivity contribution in [3.8, 4) is 12.3 Å². The highest BCUT2D eigenvalue weighted by molar-refractivity contribution is 5.77. The van der Waals surface area contributed by atoms with Gasteiger partial charge in [-0.1, -0.05) is 0 Å². The first-order valence-electron chi connectivity index (χ1n) is 7.70. The van der Waals surface area contributed by atoms with Gasteiger partial charge in [-0.2, -0.15) is 10.2 Å². The quantitative estimate of drug-likeness (QED) is 0.812. The van der Waals surface area contributed by atoms with Crippen LogP contribution in [-0.4, -0.2) is 34.7 Å². The van der Waals surface area contributed by atoms with Crippen molar-refractivity contribution in [1.82, 2.24) is 4.90 Å². The average Bonchev–Trinajstić information content (AvgIpc) is 3.27. The van der Waals surface area contributed by atoms with E-state index >= 15 is 0 Å². The number of carbonyl (C=O) groups excluding carboxylic acids is 1. The monoisotopic (exact) mass is 333 g/mol. The van der Waals surface area contributed by atoms with Gasteiger partial charge in [0, 0.05) is 31.7 Å². The van der Waals surface area contributed by atoms with Gasteiger partial charge in [-0.05, 0) is 17.7 Å². The van der Waals surface area contributed by atoms with Gasteiger partial charge in [0.25, 0.3) is 0 Å². The summed E-state index contributed by atoms with van der Waals surface area (Å²) in [4.78, 5) is 13.6. The van der Waals surface area contributed by atoms with E-state index < -0.39 is 22.9 Å². The summed E-state index contributed by atoms with van der Waals surface area (Å²) in [5.41, 5.74) is -1.79. The molecule has 0 radical (unpaired) electrons. The molecule has 3 rings (SSSR count). The Bertz CT molecular complexity index is 710. The number of halogens is 2. The lowest BCUT2D eigenvalue weighted by Gasteiger charge is -2.46. The number of likely N-dealkylation sites (tertiary alicyclic amines) is 1. The van der Waals surface area contributed by atoms with Gasteiger partial charge >= 0.3 is 0 Å². The Morgan fingerprint density at radius 2 is 1.88 bits per heavy atom. The van der Waals surface area contributed by atoms with Gasteiger partial charge in [0.15, 0.2) is 5.66 Å². The molecule has 2 aliphatic heterocycles. The van der Waals surface area contributed by atoms with Crippen LogP contribution < -0.4 is 0 Å². The second kappa shape index (κ2) is 5.95. The van der Waals surface area contributed by atoms with Crippen LogP contribution in [0, 0.1) is 24.0 Å². The van der Waals surface area contributed by atoms with E-state index in [4.69, 9.17) is 6.42 Å². The molecule has 24 heavy (non-hydrogen) atoms. The number of terminal acetylenes is 1. The van der Waals surface area contributed by atoms with Gasteiger partial charge in [-0.3, -0.25) is 4.79 Å². The summed E-state index contributed by atoms with van der Waals surface area (Å²) in [6.45, 7) is 0.0285. The standard InChI is InChI=1S/C17H17F2N3O2/c1-2-3-5-17(20-21-17)6-4-15(23)22-10-16(24,11-22)12-7-13(18)9-14(19)8-12/h1,7-9,24H,3-6,10-11H2. The number of rotatable bonds is 6. The van der Waals surface area contributed by atoms with Crippen LogP contribution >= 0.6 is 0 Å². The topological polar surface area (TPSA) is 65.3 Å². The molecule has 7 heteroatoms. The molecule has 1 aromatic rings. The Morgan fingerprint density at radius 3 is 2.42 bits per heavy atom. The molecule has 2 aliphatic rings. The van der Waals surface area contributed by atoms with Crippen molar-refractivity contribution >= 4 is 5.91 Å². The maximum Gasteiger partial charge on any atom is 0.222 e. The predicted molar refractivity (Wildman–Crippen MR) is 81.7 cm³/mol. The van der Waals surface area contributed by atoms with Crippen LogP contribution in [0.25, 0.3) is 0 Å². The molecule has 1 saturated heterocycles. The van der Waals surface area contributed by atoms with Crippen molar-refractivity contribution in [2.24, 2.45) is 10.2 Å². The molecular formula is C17H17F2N3O2. The van der Waals surface area contributed by atoms with E-state index in [1.54, 1.807) is 0 Å². The Morgan fingerprint density at radius 1 is 1.25 bits per heavy atom. The molecule has 1 amide bonds. The number of hydrogen-bond acceptors (Lipinski definition) is 4. The molecule has 0 aromatic heterocycles. The molecule has 0 atom stereocenters.